The summed E-state index contributed by atoms with van der Waals surface area (Å²) in [6.45, 7) is 7.86. The van der Waals surface area contributed by atoms with E-state index in [4.69, 9.17) is 9.47 Å². The standard InChI is InChI=1S/C38H45N3O6S/c1-27(2)24-39-38(43)34(22-30-10-8-7-9-11-30)40(25-31-16-12-28(3)13-17-31)37(42)26-41(32-18-14-29(4)15-19-32)48(44,45)33-20-21-35(46-5)36(23-33)47-6/h7-21,23,27,34H,22,24-26H2,1-6H3,(H,39,43)/t34-/m1/s1. The van der Waals surface area contributed by atoms with Crippen LogP contribution in [0.1, 0.15) is 36.1 Å². The van der Waals surface area contributed by atoms with E-state index in [1.54, 1.807) is 24.3 Å². The van der Waals surface area contributed by atoms with Crippen LogP contribution in [0.5, 0.6) is 11.5 Å². The van der Waals surface area contributed by atoms with Crippen LogP contribution >= 0.6 is 0 Å². The van der Waals surface area contributed by atoms with Crippen LogP contribution in [0.2, 0.25) is 0 Å². The highest BCUT2D eigenvalue weighted by Gasteiger charge is 2.35. The fourth-order valence-electron chi connectivity index (χ4n) is 5.21. The minimum atomic E-state index is -4.31. The highest BCUT2D eigenvalue weighted by Crippen LogP contribution is 2.32. The van der Waals surface area contributed by atoms with Crippen molar-refractivity contribution in [3.8, 4) is 11.5 Å². The lowest BCUT2D eigenvalue weighted by Crippen LogP contribution is -2.53. The first-order valence-electron chi connectivity index (χ1n) is 15.9. The van der Waals surface area contributed by atoms with E-state index in [0.29, 0.717) is 18.0 Å². The number of hydrogen-bond acceptors (Lipinski definition) is 6. The number of benzene rings is 4. The van der Waals surface area contributed by atoms with Gasteiger partial charge in [-0.2, -0.15) is 0 Å². The van der Waals surface area contributed by atoms with Crippen LogP contribution in [0.4, 0.5) is 5.69 Å². The van der Waals surface area contributed by atoms with Crippen LogP contribution in [-0.2, 0) is 32.6 Å². The van der Waals surface area contributed by atoms with Gasteiger partial charge in [0.1, 0.15) is 12.6 Å². The summed E-state index contributed by atoms with van der Waals surface area (Å²) in [5, 5.41) is 3.01. The Kier molecular flexibility index (Phi) is 12.2. The Labute approximate surface area is 284 Å². The minimum Gasteiger partial charge on any atom is -0.493 e. The van der Waals surface area contributed by atoms with E-state index in [-0.39, 0.29) is 35.4 Å². The fourth-order valence-corrected chi connectivity index (χ4v) is 6.64. The number of amides is 2. The summed E-state index contributed by atoms with van der Waals surface area (Å²) in [5.41, 5.74) is 3.98. The molecule has 9 nitrogen and oxygen atoms in total. The molecule has 254 valence electrons. The van der Waals surface area contributed by atoms with Crippen molar-refractivity contribution >= 4 is 27.5 Å². The summed E-state index contributed by atoms with van der Waals surface area (Å²) < 4.78 is 40.6. The molecule has 0 saturated heterocycles. The van der Waals surface area contributed by atoms with Gasteiger partial charge in [0.05, 0.1) is 24.8 Å². The third-order valence-electron chi connectivity index (χ3n) is 7.97. The van der Waals surface area contributed by atoms with Crippen molar-refractivity contribution in [2.75, 3.05) is 31.6 Å². The van der Waals surface area contributed by atoms with Gasteiger partial charge in [-0.25, -0.2) is 8.42 Å². The molecule has 0 fully saturated rings. The first-order chi connectivity index (χ1) is 22.9. The molecule has 0 aliphatic rings. The number of aryl methyl sites for hydroxylation is 2. The molecule has 4 rings (SSSR count). The maximum atomic E-state index is 14.6. The number of nitrogens with zero attached hydrogens (tertiary/aromatic N) is 2. The lowest BCUT2D eigenvalue weighted by atomic mass is 10.0. The maximum Gasteiger partial charge on any atom is 0.264 e. The van der Waals surface area contributed by atoms with Gasteiger partial charge in [0.15, 0.2) is 11.5 Å². The highest BCUT2D eigenvalue weighted by atomic mass is 32.2. The van der Waals surface area contributed by atoms with Gasteiger partial charge in [-0.05, 0) is 55.2 Å². The zero-order valence-electron chi connectivity index (χ0n) is 28.5. The van der Waals surface area contributed by atoms with Crippen molar-refractivity contribution in [2.24, 2.45) is 5.92 Å². The number of carbonyl (C=O) groups is 2. The number of nitrogens with one attached hydrogen (secondary N) is 1. The zero-order valence-corrected chi connectivity index (χ0v) is 29.3. The van der Waals surface area contributed by atoms with Crippen LogP contribution in [0.25, 0.3) is 0 Å². The third-order valence-corrected chi connectivity index (χ3v) is 9.74. The molecular weight excluding hydrogens is 627 g/mol. The van der Waals surface area contributed by atoms with E-state index in [9.17, 15) is 18.0 Å². The van der Waals surface area contributed by atoms with Crippen molar-refractivity contribution in [3.63, 3.8) is 0 Å². The van der Waals surface area contributed by atoms with Gasteiger partial charge < -0.3 is 19.7 Å². The van der Waals surface area contributed by atoms with Gasteiger partial charge in [-0.1, -0.05) is 91.7 Å². The van der Waals surface area contributed by atoms with E-state index in [2.05, 4.69) is 5.32 Å². The average molecular weight is 672 g/mol. The Morgan fingerprint density at radius 1 is 0.771 bits per heavy atom. The first-order valence-corrected chi connectivity index (χ1v) is 17.3. The van der Waals surface area contributed by atoms with Crippen molar-refractivity contribution in [2.45, 2.75) is 51.6 Å². The first kappa shape index (κ1) is 36.0. The average Bonchev–Trinajstić information content (AvgIpc) is 3.08. The Hall–Kier alpha value is -4.83. The molecule has 0 saturated carbocycles. The zero-order chi connectivity index (χ0) is 34.8. The molecule has 0 bridgehead atoms. The lowest BCUT2D eigenvalue weighted by molar-refractivity contribution is -0.140. The van der Waals surface area contributed by atoms with Gasteiger partial charge in [-0.3, -0.25) is 13.9 Å². The van der Waals surface area contributed by atoms with Crippen molar-refractivity contribution < 1.29 is 27.5 Å². The van der Waals surface area contributed by atoms with Crippen LogP contribution < -0.4 is 19.1 Å². The van der Waals surface area contributed by atoms with Crippen LogP contribution in [-0.4, -0.2) is 58.5 Å². The number of rotatable bonds is 15. The van der Waals surface area contributed by atoms with Crippen LogP contribution in [0, 0.1) is 19.8 Å². The normalized spacial score (nSPS) is 11.9. The number of carbonyl (C=O) groups excluding carboxylic acids is 2. The summed E-state index contributed by atoms with van der Waals surface area (Å²) in [7, 11) is -1.41. The van der Waals surface area contributed by atoms with E-state index >= 15 is 0 Å². The number of ether oxygens (including phenoxy) is 2. The molecule has 0 radical (unpaired) electrons. The molecule has 0 heterocycles. The predicted octanol–water partition coefficient (Wildman–Crippen LogP) is 5.93. The molecule has 0 spiro atoms. The molecule has 2 amide bonds. The molecule has 0 aliphatic heterocycles. The third kappa shape index (κ3) is 9.16. The second-order valence-corrected chi connectivity index (χ2v) is 14.1. The largest absolute Gasteiger partial charge is 0.493 e. The Morgan fingerprint density at radius 2 is 1.38 bits per heavy atom. The molecule has 4 aromatic carbocycles. The number of hydrogen-bond donors (Lipinski definition) is 1. The Morgan fingerprint density at radius 3 is 1.96 bits per heavy atom. The molecule has 0 aromatic heterocycles. The van der Waals surface area contributed by atoms with Crippen LogP contribution in [0.15, 0.2) is 102 Å². The SMILES string of the molecule is COc1ccc(S(=O)(=O)N(CC(=O)N(Cc2ccc(C)cc2)[C@H](Cc2ccccc2)C(=O)NCC(C)C)c2ccc(C)cc2)cc1OC. The Bertz CT molecular complexity index is 1780. The number of anilines is 1. The van der Waals surface area contributed by atoms with E-state index in [1.807, 2.05) is 82.3 Å². The van der Waals surface area contributed by atoms with Gasteiger partial charge in [0, 0.05) is 25.6 Å². The molecule has 4 aromatic rings. The number of methoxy groups -OCH3 is 2. The van der Waals surface area contributed by atoms with Gasteiger partial charge in [-0.15, -0.1) is 0 Å². The van der Waals surface area contributed by atoms with Crippen molar-refractivity contribution in [1.82, 2.24) is 10.2 Å². The summed E-state index contributed by atoms with van der Waals surface area (Å²) in [5.74, 6) is -0.0379. The summed E-state index contributed by atoms with van der Waals surface area (Å²) in [6, 6.07) is 27.5. The molecule has 0 aliphatic carbocycles. The van der Waals surface area contributed by atoms with Gasteiger partial charge >= 0.3 is 0 Å². The fraction of sp³-hybridized carbons (Fsp3) is 0.316. The second kappa shape index (κ2) is 16.3. The number of sulfonamides is 1. The summed E-state index contributed by atoms with van der Waals surface area (Å²) in [6.07, 6.45) is 0.245. The minimum absolute atomic E-state index is 0.0749. The maximum absolute atomic E-state index is 14.6. The monoisotopic (exact) mass is 671 g/mol. The van der Waals surface area contributed by atoms with E-state index in [0.717, 1.165) is 26.6 Å². The van der Waals surface area contributed by atoms with E-state index < -0.39 is 28.5 Å². The summed E-state index contributed by atoms with van der Waals surface area (Å²) >= 11 is 0. The lowest BCUT2D eigenvalue weighted by Gasteiger charge is -2.34. The van der Waals surface area contributed by atoms with Crippen LogP contribution in [0.3, 0.4) is 0 Å². The topological polar surface area (TPSA) is 105 Å². The molecule has 1 N–H and O–H groups in total. The highest BCUT2D eigenvalue weighted by molar-refractivity contribution is 7.92. The quantitative estimate of drug-likeness (QED) is 0.168. The van der Waals surface area contributed by atoms with Crippen molar-refractivity contribution in [3.05, 3.63) is 119 Å². The Balaban J connectivity index is 1.81. The molecular formula is C38H45N3O6S. The molecule has 0 unspecified atom stereocenters. The predicted molar refractivity (Wildman–Crippen MR) is 189 cm³/mol. The molecule has 10 heteroatoms. The molecule has 48 heavy (non-hydrogen) atoms. The van der Waals surface area contributed by atoms with Gasteiger partial charge in [0.2, 0.25) is 11.8 Å². The van der Waals surface area contributed by atoms with E-state index in [1.165, 1.54) is 37.3 Å². The van der Waals surface area contributed by atoms with Gasteiger partial charge in [0.25, 0.3) is 10.0 Å². The smallest absolute Gasteiger partial charge is 0.264 e. The molecule has 1 atom stereocenters. The summed E-state index contributed by atoms with van der Waals surface area (Å²) in [4.78, 5) is 30.0. The van der Waals surface area contributed by atoms with Crippen molar-refractivity contribution in [1.29, 1.82) is 0 Å². The second-order valence-electron chi connectivity index (χ2n) is 12.2.